The van der Waals surface area contributed by atoms with Crippen molar-refractivity contribution in [2.45, 2.75) is 23.8 Å². The molecule has 92 valence electrons. The quantitative estimate of drug-likeness (QED) is 0.782. The average molecular weight is 259 g/mol. The lowest BCUT2D eigenvalue weighted by atomic mass is 10.1. The first kappa shape index (κ1) is 12.6. The zero-order valence-corrected chi connectivity index (χ0v) is 11.1. The zero-order chi connectivity index (χ0) is 13.0. The third-order valence-electron chi connectivity index (χ3n) is 2.51. The highest BCUT2D eigenvalue weighted by Crippen LogP contribution is 2.22. The first-order valence-corrected chi connectivity index (χ1v) is 6.41. The fourth-order valence-corrected chi connectivity index (χ4v) is 2.36. The molecule has 1 heterocycles. The molecule has 0 N–H and O–H groups in total. The fraction of sp³-hybridized carbons (Fsp3) is 0.333. The van der Waals surface area contributed by atoms with Crippen molar-refractivity contribution in [3.8, 4) is 6.07 Å². The van der Waals surface area contributed by atoms with Gasteiger partial charge in [-0.2, -0.15) is 5.26 Å². The van der Waals surface area contributed by atoms with Crippen LogP contribution in [0.4, 0.5) is 0 Å². The standard InChI is InChI=1S/C12H13N5S/c1-9-3-5-10(6-4-9)7-11(8-13)18-12-14-15-16-17(12)2/h3-6,11H,7H2,1-2H3/t11-/m0/s1. The number of thioether (sulfide) groups is 1. The highest BCUT2D eigenvalue weighted by atomic mass is 32.2. The molecule has 0 aliphatic heterocycles. The minimum atomic E-state index is -0.183. The van der Waals surface area contributed by atoms with Gasteiger partial charge in [0.1, 0.15) is 5.25 Å². The fourth-order valence-electron chi connectivity index (χ4n) is 1.50. The SMILES string of the molecule is Cc1ccc(C[C@@H](C#N)Sc2nnnn2C)cc1. The van der Waals surface area contributed by atoms with Gasteiger partial charge in [-0.3, -0.25) is 0 Å². The summed E-state index contributed by atoms with van der Waals surface area (Å²) >= 11 is 1.39. The molecule has 0 unspecified atom stereocenters. The Morgan fingerprint density at radius 3 is 2.67 bits per heavy atom. The predicted octanol–water partition coefficient (Wildman–Crippen LogP) is 1.75. The topological polar surface area (TPSA) is 67.4 Å². The third kappa shape index (κ3) is 3.08. The van der Waals surface area contributed by atoms with Gasteiger partial charge in [0.25, 0.3) is 0 Å². The van der Waals surface area contributed by atoms with E-state index in [1.165, 1.54) is 17.3 Å². The van der Waals surface area contributed by atoms with E-state index < -0.39 is 0 Å². The van der Waals surface area contributed by atoms with Crippen molar-refractivity contribution in [2.75, 3.05) is 0 Å². The van der Waals surface area contributed by atoms with E-state index >= 15 is 0 Å². The number of benzene rings is 1. The molecule has 0 aliphatic carbocycles. The number of rotatable bonds is 4. The summed E-state index contributed by atoms with van der Waals surface area (Å²) in [5.74, 6) is 0. The summed E-state index contributed by atoms with van der Waals surface area (Å²) in [6.07, 6.45) is 0.689. The van der Waals surface area contributed by atoms with E-state index in [0.29, 0.717) is 11.6 Å². The molecule has 6 heteroatoms. The largest absolute Gasteiger partial charge is 0.224 e. The van der Waals surface area contributed by atoms with Crippen LogP contribution < -0.4 is 0 Å². The second-order valence-electron chi connectivity index (χ2n) is 4.01. The summed E-state index contributed by atoms with van der Waals surface area (Å²) in [5.41, 5.74) is 2.37. The first-order valence-electron chi connectivity index (χ1n) is 5.53. The molecule has 0 spiro atoms. The maximum absolute atomic E-state index is 9.18. The Morgan fingerprint density at radius 2 is 2.11 bits per heavy atom. The summed E-state index contributed by atoms with van der Waals surface area (Å²) in [4.78, 5) is 0. The molecule has 0 saturated heterocycles. The average Bonchev–Trinajstić information content (AvgIpc) is 2.77. The van der Waals surface area contributed by atoms with Crippen molar-refractivity contribution < 1.29 is 0 Å². The molecule has 0 saturated carbocycles. The van der Waals surface area contributed by atoms with Crippen molar-refractivity contribution in [3.63, 3.8) is 0 Å². The van der Waals surface area contributed by atoms with Crippen LogP contribution in [0.2, 0.25) is 0 Å². The van der Waals surface area contributed by atoms with Crippen LogP contribution in [-0.2, 0) is 13.5 Å². The Morgan fingerprint density at radius 1 is 1.39 bits per heavy atom. The number of aryl methyl sites for hydroxylation is 2. The van der Waals surface area contributed by atoms with Crippen molar-refractivity contribution in [3.05, 3.63) is 35.4 Å². The molecule has 18 heavy (non-hydrogen) atoms. The van der Waals surface area contributed by atoms with Crippen LogP contribution in [-0.4, -0.2) is 25.5 Å². The third-order valence-corrected chi connectivity index (χ3v) is 3.63. The summed E-state index contributed by atoms with van der Waals surface area (Å²) in [6, 6.07) is 10.5. The zero-order valence-electron chi connectivity index (χ0n) is 10.2. The maximum Gasteiger partial charge on any atom is 0.210 e. The molecule has 0 aliphatic rings. The molecule has 0 bridgehead atoms. The van der Waals surface area contributed by atoms with Crippen LogP contribution in [0.5, 0.6) is 0 Å². The molecule has 0 fully saturated rings. The lowest BCUT2D eigenvalue weighted by Crippen LogP contribution is -2.06. The summed E-state index contributed by atoms with van der Waals surface area (Å²) < 4.78 is 1.57. The molecule has 0 amide bonds. The molecule has 0 radical (unpaired) electrons. The smallest absolute Gasteiger partial charge is 0.210 e. The van der Waals surface area contributed by atoms with Gasteiger partial charge in [0.15, 0.2) is 0 Å². The van der Waals surface area contributed by atoms with Gasteiger partial charge >= 0.3 is 0 Å². The van der Waals surface area contributed by atoms with E-state index in [-0.39, 0.29) is 5.25 Å². The van der Waals surface area contributed by atoms with E-state index in [9.17, 15) is 5.26 Å². The Labute approximate surface area is 110 Å². The van der Waals surface area contributed by atoms with Gasteiger partial charge in [-0.25, -0.2) is 4.68 Å². The van der Waals surface area contributed by atoms with E-state index in [1.54, 1.807) is 11.7 Å². The van der Waals surface area contributed by atoms with E-state index in [4.69, 9.17) is 0 Å². The van der Waals surface area contributed by atoms with Crippen molar-refractivity contribution >= 4 is 11.8 Å². The molecule has 5 nitrogen and oxygen atoms in total. The Kier molecular flexibility index (Phi) is 3.95. The number of nitriles is 1. The van der Waals surface area contributed by atoms with Gasteiger partial charge in [0, 0.05) is 7.05 Å². The number of hydrogen-bond acceptors (Lipinski definition) is 5. The van der Waals surface area contributed by atoms with E-state index in [0.717, 1.165) is 5.56 Å². The normalized spacial score (nSPS) is 12.1. The van der Waals surface area contributed by atoms with E-state index in [2.05, 4.69) is 45.9 Å². The van der Waals surface area contributed by atoms with Gasteiger partial charge in [-0.1, -0.05) is 41.6 Å². The van der Waals surface area contributed by atoms with Crippen molar-refractivity contribution in [2.24, 2.45) is 7.05 Å². The second kappa shape index (κ2) is 5.65. The van der Waals surface area contributed by atoms with Crippen LogP contribution in [0.1, 0.15) is 11.1 Å². The highest BCUT2D eigenvalue weighted by Gasteiger charge is 2.14. The van der Waals surface area contributed by atoms with Gasteiger partial charge in [-0.05, 0) is 29.3 Å². The van der Waals surface area contributed by atoms with Gasteiger partial charge < -0.3 is 0 Å². The van der Waals surface area contributed by atoms with Crippen molar-refractivity contribution in [1.82, 2.24) is 20.2 Å². The van der Waals surface area contributed by atoms with E-state index in [1.807, 2.05) is 6.92 Å². The van der Waals surface area contributed by atoms with Gasteiger partial charge in [0.2, 0.25) is 5.16 Å². The Hall–Kier alpha value is -1.87. The molecular weight excluding hydrogens is 246 g/mol. The van der Waals surface area contributed by atoms with Crippen LogP contribution >= 0.6 is 11.8 Å². The molecule has 2 aromatic rings. The molecule has 2 rings (SSSR count). The number of nitrogens with zero attached hydrogens (tertiary/aromatic N) is 5. The summed E-state index contributed by atoms with van der Waals surface area (Å²) in [5, 5.41) is 20.8. The minimum Gasteiger partial charge on any atom is -0.224 e. The van der Waals surface area contributed by atoms with Crippen LogP contribution in [0.25, 0.3) is 0 Å². The lowest BCUT2D eigenvalue weighted by Gasteiger charge is -2.07. The van der Waals surface area contributed by atoms with Crippen molar-refractivity contribution in [1.29, 1.82) is 5.26 Å². The van der Waals surface area contributed by atoms with Gasteiger partial charge in [-0.15, -0.1) is 5.10 Å². The van der Waals surface area contributed by atoms with Crippen LogP contribution in [0.3, 0.4) is 0 Å². The Bertz CT molecular complexity index is 555. The maximum atomic E-state index is 9.18. The monoisotopic (exact) mass is 259 g/mol. The molecule has 1 aromatic heterocycles. The summed E-state index contributed by atoms with van der Waals surface area (Å²) in [7, 11) is 1.77. The lowest BCUT2D eigenvalue weighted by molar-refractivity contribution is 0.664. The highest BCUT2D eigenvalue weighted by molar-refractivity contribution is 8.00. The second-order valence-corrected chi connectivity index (χ2v) is 5.18. The number of tetrazole rings is 1. The Balaban J connectivity index is 2.04. The molecule has 1 aromatic carbocycles. The summed E-state index contributed by atoms with van der Waals surface area (Å²) in [6.45, 7) is 2.05. The molecule has 1 atom stereocenters. The van der Waals surface area contributed by atoms with Crippen LogP contribution in [0, 0.1) is 18.3 Å². The number of aromatic nitrogens is 4. The first-order chi connectivity index (χ1) is 8.69. The van der Waals surface area contributed by atoms with Crippen LogP contribution in [0.15, 0.2) is 29.4 Å². The van der Waals surface area contributed by atoms with Gasteiger partial charge in [0.05, 0.1) is 6.07 Å². The minimum absolute atomic E-state index is 0.183. The molecular formula is C12H13N5S. The number of hydrogen-bond donors (Lipinski definition) is 0. The predicted molar refractivity (Wildman–Crippen MR) is 68.9 cm³/mol.